The molecule has 1 saturated heterocycles. The van der Waals surface area contributed by atoms with Crippen molar-refractivity contribution in [3.8, 4) is 5.75 Å². The van der Waals surface area contributed by atoms with Crippen LogP contribution in [0.2, 0.25) is 0 Å². The molecule has 0 saturated carbocycles. The quantitative estimate of drug-likeness (QED) is 0.786. The minimum Gasteiger partial charge on any atom is -0.497 e. The molecule has 0 bridgehead atoms. The monoisotopic (exact) mass is 349 g/mol. The number of fused-ring (bicyclic) bond motifs is 1. The maximum absolute atomic E-state index is 13.1. The van der Waals surface area contributed by atoms with Crippen molar-refractivity contribution in [1.82, 2.24) is 9.88 Å². The number of hydrogen-bond acceptors (Lipinski definition) is 4. The topological polar surface area (TPSA) is 46.5 Å². The molecule has 0 aliphatic carbocycles. The van der Waals surface area contributed by atoms with Crippen molar-refractivity contribution >= 4 is 16.6 Å². The van der Waals surface area contributed by atoms with E-state index in [0.717, 1.165) is 48.5 Å². The van der Waals surface area contributed by atoms with E-state index in [0.29, 0.717) is 6.54 Å². The van der Waals surface area contributed by atoms with Crippen LogP contribution in [0.5, 0.6) is 5.75 Å². The van der Waals surface area contributed by atoms with Crippen LogP contribution in [0.4, 0.5) is 5.69 Å². The SMILES string of the molecule is COc1ccc2c(=O)c(N3CCNCC3)cn(Cc3ccccc3)c2c1. The molecule has 1 N–H and O–H groups in total. The third-order valence-electron chi connectivity index (χ3n) is 4.92. The molecule has 134 valence electrons. The maximum atomic E-state index is 13.1. The van der Waals surface area contributed by atoms with E-state index >= 15 is 0 Å². The second-order valence-corrected chi connectivity index (χ2v) is 6.58. The Morgan fingerprint density at radius 2 is 1.85 bits per heavy atom. The van der Waals surface area contributed by atoms with Gasteiger partial charge in [0.25, 0.3) is 0 Å². The zero-order valence-corrected chi connectivity index (χ0v) is 14.9. The number of hydrogen-bond donors (Lipinski definition) is 1. The summed E-state index contributed by atoms with van der Waals surface area (Å²) in [6.45, 7) is 4.21. The first kappa shape index (κ1) is 16.7. The Morgan fingerprint density at radius 3 is 2.58 bits per heavy atom. The molecule has 2 heterocycles. The highest BCUT2D eigenvalue weighted by Crippen LogP contribution is 2.23. The van der Waals surface area contributed by atoms with Crippen molar-refractivity contribution in [2.75, 3.05) is 38.2 Å². The van der Waals surface area contributed by atoms with Crippen LogP contribution in [-0.2, 0) is 6.54 Å². The Kier molecular flexibility index (Phi) is 4.63. The molecule has 0 radical (unpaired) electrons. The lowest BCUT2D eigenvalue weighted by Gasteiger charge is -2.29. The molecule has 26 heavy (non-hydrogen) atoms. The molecule has 5 heteroatoms. The average Bonchev–Trinajstić information content (AvgIpc) is 2.71. The zero-order chi connectivity index (χ0) is 17.9. The number of nitrogens with zero attached hydrogens (tertiary/aromatic N) is 2. The van der Waals surface area contributed by atoms with Crippen LogP contribution in [-0.4, -0.2) is 37.9 Å². The molecule has 0 atom stereocenters. The average molecular weight is 349 g/mol. The second-order valence-electron chi connectivity index (χ2n) is 6.58. The van der Waals surface area contributed by atoms with Crippen LogP contribution in [0.15, 0.2) is 59.5 Å². The second kappa shape index (κ2) is 7.22. The first-order chi connectivity index (χ1) is 12.8. The van der Waals surface area contributed by atoms with Crippen LogP contribution in [0.3, 0.4) is 0 Å². The van der Waals surface area contributed by atoms with E-state index in [-0.39, 0.29) is 5.43 Å². The Labute approximate surface area is 152 Å². The molecule has 1 fully saturated rings. The lowest BCUT2D eigenvalue weighted by molar-refractivity contribution is 0.415. The molecule has 0 amide bonds. The van der Waals surface area contributed by atoms with Crippen molar-refractivity contribution < 1.29 is 4.74 Å². The fraction of sp³-hybridized carbons (Fsp3) is 0.286. The van der Waals surface area contributed by atoms with E-state index in [9.17, 15) is 4.79 Å². The van der Waals surface area contributed by atoms with Gasteiger partial charge in [0.15, 0.2) is 0 Å². The molecule has 2 aromatic carbocycles. The Morgan fingerprint density at radius 1 is 1.08 bits per heavy atom. The highest BCUT2D eigenvalue weighted by atomic mass is 16.5. The highest BCUT2D eigenvalue weighted by molar-refractivity contribution is 5.84. The van der Waals surface area contributed by atoms with E-state index in [4.69, 9.17) is 4.74 Å². The minimum atomic E-state index is 0.0915. The zero-order valence-electron chi connectivity index (χ0n) is 14.9. The summed E-state index contributed by atoms with van der Waals surface area (Å²) < 4.78 is 7.54. The number of benzene rings is 2. The van der Waals surface area contributed by atoms with Gasteiger partial charge in [-0.25, -0.2) is 0 Å². The molecule has 4 rings (SSSR count). The van der Waals surface area contributed by atoms with Crippen molar-refractivity contribution in [3.63, 3.8) is 0 Å². The predicted octanol–water partition coefficient (Wildman–Crippen LogP) is 2.47. The smallest absolute Gasteiger partial charge is 0.212 e. The Balaban J connectivity index is 1.88. The van der Waals surface area contributed by atoms with Crippen molar-refractivity contribution in [3.05, 3.63) is 70.5 Å². The van der Waals surface area contributed by atoms with Gasteiger partial charge in [-0.15, -0.1) is 0 Å². The van der Waals surface area contributed by atoms with Gasteiger partial charge in [0, 0.05) is 50.4 Å². The molecule has 0 spiro atoms. The molecule has 0 unspecified atom stereocenters. The number of methoxy groups -OCH3 is 1. The van der Waals surface area contributed by atoms with E-state index < -0.39 is 0 Å². The van der Waals surface area contributed by atoms with Gasteiger partial charge in [-0.1, -0.05) is 30.3 Å². The largest absolute Gasteiger partial charge is 0.497 e. The third kappa shape index (κ3) is 3.18. The summed E-state index contributed by atoms with van der Waals surface area (Å²) in [4.78, 5) is 15.3. The lowest BCUT2D eigenvalue weighted by atomic mass is 10.1. The van der Waals surface area contributed by atoms with Gasteiger partial charge in [-0.3, -0.25) is 4.79 Å². The van der Waals surface area contributed by atoms with E-state index in [1.165, 1.54) is 5.56 Å². The van der Waals surface area contributed by atoms with Gasteiger partial charge in [0.2, 0.25) is 5.43 Å². The summed E-state index contributed by atoms with van der Waals surface area (Å²) >= 11 is 0. The van der Waals surface area contributed by atoms with Gasteiger partial charge in [-0.05, 0) is 17.7 Å². The number of ether oxygens (including phenoxy) is 1. The first-order valence-electron chi connectivity index (χ1n) is 8.97. The molecule has 1 aromatic heterocycles. The summed E-state index contributed by atoms with van der Waals surface area (Å²) in [7, 11) is 1.65. The fourth-order valence-electron chi connectivity index (χ4n) is 3.52. The summed E-state index contributed by atoms with van der Waals surface area (Å²) in [5.74, 6) is 0.758. The van der Waals surface area contributed by atoms with Crippen molar-refractivity contribution in [1.29, 1.82) is 0 Å². The number of nitrogens with one attached hydrogen (secondary N) is 1. The van der Waals surface area contributed by atoms with Gasteiger partial charge in [0.05, 0.1) is 12.6 Å². The maximum Gasteiger partial charge on any atom is 0.212 e. The lowest BCUT2D eigenvalue weighted by Crippen LogP contribution is -2.45. The minimum absolute atomic E-state index is 0.0915. The molecule has 3 aromatic rings. The van der Waals surface area contributed by atoms with Crippen molar-refractivity contribution in [2.45, 2.75) is 6.54 Å². The number of piperazine rings is 1. The summed E-state index contributed by atoms with van der Waals surface area (Å²) in [5, 5.41) is 4.08. The van der Waals surface area contributed by atoms with E-state index in [2.05, 4.69) is 26.9 Å². The molecular formula is C21H23N3O2. The van der Waals surface area contributed by atoms with Gasteiger partial charge in [-0.2, -0.15) is 0 Å². The summed E-state index contributed by atoms with van der Waals surface area (Å²) in [5.41, 5.74) is 2.97. The van der Waals surface area contributed by atoms with Crippen LogP contribution >= 0.6 is 0 Å². The number of aromatic nitrogens is 1. The molecular weight excluding hydrogens is 326 g/mol. The molecule has 1 aliphatic rings. The van der Waals surface area contributed by atoms with E-state index in [1.807, 2.05) is 42.6 Å². The van der Waals surface area contributed by atoms with Gasteiger partial charge in [0.1, 0.15) is 11.4 Å². The predicted molar refractivity (Wildman–Crippen MR) is 105 cm³/mol. The molecule has 1 aliphatic heterocycles. The fourth-order valence-corrected chi connectivity index (χ4v) is 3.52. The van der Waals surface area contributed by atoms with E-state index in [1.54, 1.807) is 7.11 Å². The summed E-state index contributed by atoms with van der Waals surface area (Å²) in [6.07, 6.45) is 2.00. The van der Waals surface area contributed by atoms with Gasteiger partial charge < -0.3 is 19.5 Å². The standard InChI is InChI=1S/C21H23N3O2/c1-26-17-7-8-18-19(13-17)24(14-16-5-3-2-4-6-16)15-20(21(18)25)23-11-9-22-10-12-23/h2-8,13,15,22H,9-12,14H2,1H3. The number of anilines is 1. The first-order valence-corrected chi connectivity index (χ1v) is 8.97. The van der Waals surface area contributed by atoms with Crippen LogP contribution in [0.1, 0.15) is 5.56 Å². The van der Waals surface area contributed by atoms with Crippen LogP contribution in [0, 0.1) is 0 Å². The Bertz CT molecular complexity index is 960. The summed E-state index contributed by atoms with van der Waals surface area (Å²) in [6, 6.07) is 16.0. The molecule has 5 nitrogen and oxygen atoms in total. The van der Waals surface area contributed by atoms with Crippen molar-refractivity contribution in [2.24, 2.45) is 0 Å². The highest BCUT2D eigenvalue weighted by Gasteiger charge is 2.17. The third-order valence-corrected chi connectivity index (χ3v) is 4.92. The normalized spacial score (nSPS) is 14.6. The van der Waals surface area contributed by atoms with Crippen LogP contribution < -0.4 is 20.4 Å². The number of pyridine rings is 1. The van der Waals surface area contributed by atoms with Crippen LogP contribution in [0.25, 0.3) is 10.9 Å². The van der Waals surface area contributed by atoms with Gasteiger partial charge >= 0.3 is 0 Å². The number of rotatable bonds is 4. The Hall–Kier alpha value is -2.79.